The molecule has 0 radical (unpaired) electrons. The number of aryl methyl sites for hydroxylation is 2. The van der Waals surface area contributed by atoms with Crippen LogP contribution in [0.25, 0.3) is 0 Å². The highest BCUT2D eigenvalue weighted by Gasteiger charge is 2.50. The minimum absolute atomic E-state index is 0.213. The summed E-state index contributed by atoms with van der Waals surface area (Å²) < 4.78 is 7.86. The first-order valence-electron chi connectivity index (χ1n) is 11.1. The fraction of sp³-hybridized carbons (Fsp3) is 0.667. The van der Waals surface area contributed by atoms with Crippen molar-refractivity contribution in [1.82, 2.24) is 35.2 Å². The molecular formula is C21H33N7O5. The van der Waals surface area contributed by atoms with Gasteiger partial charge in [-0.25, -0.2) is 4.98 Å². The van der Waals surface area contributed by atoms with Gasteiger partial charge in [-0.2, -0.15) is 10.2 Å². The zero-order valence-corrected chi connectivity index (χ0v) is 19.3. The van der Waals surface area contributed by atoms with E-state index in [-0.39, 0.29) is 24.6 Å². The first-order chi connectivity index (χ1) is 15.7. The summed E-state index contributed by atoms with van der Waals surface area (Å²) in [6.07, 6.45) is 4.77. The van der Waals surface area contributed by atoms with Crippen LogP contribution >= 0.6 is 0 Å². The Morgan fingerprint density at radius 3 is 2.70 bits per heavy atom. The van der Waals surface area contributed by atoms with Crippen LogP contribution in [0.2, 0.25) is 0 Å². The number of nitrogens with one attached hydrogen (secondary N) is 2. The molecule has 0 aliphatic carbocycles. The van der Waals surface area contributed by atoms with Crippen LogP contribution in [-0.4, -0.2) is 89.4 Å². The second kappa shape index (κ2) is 10.4. The Morgan fingerprint density at radius 2 is 2.12 bits per heavy atom. The fourth-order valence-electron chi connectivity index (χ4n) is 4.49. The molecule has 4 N–H and O–H groups in total. The van der Waals surface area contributed by atoms with E-state index < -0.39 is 11.6 Å². The summed E-state index contributed by atoms with van der Waals surface area (Å²) in [5.74, 6) is 1.40. The molecule has 4 heterocycles. The van der Waals surface area contributed by atoms with E-state index in [1.165, 1.54) is 0 Å². The zero-order valence-electron chi connectivity index (χ0n) is 19.3. The van der Waals surface area contributed by atoms with Crippen LogP contribution in [0.5, 0.6) is 0 Å². The summed E-state index contributed by atoms with van der Waals surface area (Å²) in [6.45, 7) is 8.86. The lowest BCUT2D eigenvalue weighted by Gasteiger charge is -2.51. The van der Waals surface area contributed by atoms with Crippen LogP contribution in [-0.2, 0) is 22.6 Å². The number of rotatable bonds is 5. The lowest BCUT2D eigenvalue weighted by atomic mass is 9.74. The van der Waals surface area contributed by atoms with E-state index in [0.29, 0.717) is 25.1 Å². The predicted molar refractivity (Wildman–Crippen MR) is 117 cm³/mol. The van der Waals surface area contributed by atoms with E-state index in [9.17, 15) is 9.90 Å². The van der Waals surface area contributed by atoms with Crippen molar-refractivity contribution >= 4 is 12.4 Å². The average Bonchev–Trinajstić information content (AvgIpc) is 3.42. The summed E-state index contributed by atoms with van der Waals surface area (Å²) in [5.41, 5.74) is -0.602. The van der Waals surface area contributed by atoms with E-state index in [0.717, 1.165) is 37.6 Å². The molecule has 1 spiro atoms. The standard InChI is InChI=1S/C20H31N7O3.CH2O2/c1-4-27-10-15(9-21-27)18(29)23-19(3)13-20(30-12-16(19)28)5-7-26(8-6-20)11-17-22-14(2)24-25-17;2-1-3/h9-10,16,28H,4-8,11-13H2,1-3H3,(H,23,29)(H,22,24,25);1H,(H,2,3)/t16-,19-;/m1./s1. The number of carbonyl (C=O) groups excluding carboxylic acids is 1. The lowest BCUT2D eigenvalue weighted by molar-refractivity contribution is -0.177. The summed E-state index contributed by atoms with van der Waals surface area (Å²) >= 11 is 0. The van der Waals surface area contributed by atoms with Gasteiger partial charge in [0.2, 0.25) is 0 Å². The zero-order chi connectivity index (χ0) is 24.1. The number of carbonyl (C=O) groups is 2. The number of nitrogens with zero attached hydrogens (tertiary/aromatic N) is 5. The highest BCUT2D eigenvalue weighted by Crippen LogP contribution is 2.40. The van der Waals surface area contributed by atoms with Gasteiger partial charge < -0.3 is 20.3 Å². The first-order valence-corrected chi connectivity index (χ1v) is 11.1. The Morgan fingerprint density at radius 1 is 1.42 bits per heavy atom. The third-order valence-corrected chi connectivity index (χ3v) is 6.37. The van der Waals surface area contributed by atoms with Crippen molar-refractivity contribution in [3.8, 4) is 0 Å². The molecule has 2 atom stereocenters. The largest absolute Gasteiger partial charge is 0.483 e. The number of H-pyrrole nitrogens is 1. The maximum Gasteiger partial charge on any atom is 0.290 e. The molecule has 0 unspecified atom stereocenters. The number of aromatic amines is 1. The minimum atomic E-state index is -0.762. The van der Waals surface area contributed by atoms with Gasteiger partial charge in [0.15, 0.2) is 5.82 Å². The third kappa shape index (κ3) is 5.95. The second-order valence-electron chi connectivity index (χ2n) is 8.86. The van der Waals surface area contributed by atoms with Crippen molar-refractivity contribution < 1.29 is 24.5 Å². The van der Waals surface area contributed by atoms with Crippen molar-refractivity contribution in [2.45, 2.75) is 70.4 Å². The molecule has 2 fully saturated rings. The van der Waals surface area contributed by atoms with Gasteiger partial charge in [0.25, 0.3) is 12.4 Å². The number of likely N-dealkylation sites (tertiary alicyclic amines) is 1. The molecule has 2 aliphatic heterocycles. The molecule has 182 valence electrons. The Bertz CT molecular complexity index is 937. The van der Waals surface area contributed by atoms with Gasteiger partial charge in [-0.1, -0.05) is 0 Å². The topological polar surface area (TPSA) is 158 Å². The number of ether oxygens (including phenoxy) is 1. The number of aliphatic hydroxyl groups excluding tert-OH is 1. The van der Waals surface area contributed by atoms with Crippen molar-refractivity contribution in [2.75, 3.05) is 19.7 Å². The molecule has 2 saturated heterocycles. The minimum Gasteiger partial charge on any atom is -0.483 e. The van der Waals surface area contributed by atoms with Crippen LogP contribution < -0.4 is 5.32 Å². The SMILES string of the molecule is CCn1cc(C(=O)N[C@]2(C)CC3(CCN(Cc4n[nH]c(C)n4)CC3)OC[C@H]2O)cn1.O=CO. The maximum atomic E-state index is 12.8. The molecule has 2 aromatic rings. The van der Waals surface area contributed by atoms with E-state index in [4.69, 9.17) is 14.6 Å². The summed E-state index contributed by atoms with van der Waals surface area (Å²) in [4.78, 5) is 27.8. The Labute approximate surface area is 192 Å². The lowest BCUT2D eigenvalue weighted by Crippen LogP contribution is -2.65. The molecule has 0 bridgehead atoms. The molecule has 12 heteroatoms. The third-order valence-electron chi connectivity index (χ3n) is 6.37. The Kier molecular flexibility index (Phi) is 7.82. The van der Waals surface area contributed by atoms with Crippen molar-refractivity contribution in [3.05, 3.63) is 29.6 Å². The molecule has 1 amide bonds. The van der Waals surface area contributed by atoms with Crippen molar-refractivity contribution in [3.63, 3.8) is 0 Å². The number of aromatic nitrogens is 5. The van der Waals surface area contributed by atoms with Crippen molar-refractivity contribution in [1.29, 1.82) is 0 Å². The highest BCUT2D eigenvalue weighted by molar-refractivity contribution is 5.94. The summed E-state index contributed by atoms with van der Waals surface area (Å²) in [5, 5.41) is 31.9. The Balaban J connectivity index is 0.000000968. The van der Waals surface area contributed by atoms with Crippen molar-refractivity contribution in [2.24, 2.45) is 0 Å². The highest BCUT2D eigenvalue weighted by atomic mass is 16.5. The van der Waals surface area contributed by atoms with E-state index in [2.05, 4.69) is 30.5 Å². The molecule has 4 rings (SSSR count). The predicted octanol–water partition coefficient (Wildman–Crippen LogP) is 0.335. The smallest absolute Gasteiger partial charge is 0.290 e. The van der Waals surface area contributed by atoms with Crippen LogP contribution in [0, 0.1) is 6.92 Å². The molecule has 2 aromatic heterocycles. The quantitative estimate of drug-likeness (QED) is 0.459. The van der Waals surface area contributed by atoms with Crippen LogP contribution in [0.3, 0.4) is 0 Å². The molecule has 33 heavy (non-hydrogen) atoms. The van der Waals surface area contributed by atoms with E-state index in [1.807, 2.05) is 20.8 Å². The number of piperidine rings is 1. The summed E-state index contributed by atoms with van der Waals surface area (Å²) in [6, 6.07) is 0. The normalized spacial score (nSPS) is 24.7. The molecule has 0 aromatic carbocycles. The van der Waals surface area contributed by atoms with Gasteiger partial charge in [-0.15, -0.1) is 0 Å². The average molecular weight is 464 g/mol. The van der Waals surface area contributed by atoms with E-state index >= 15 is 0 Å². The molecule has 12 nitrogen and oxygen atoms in total. The number of hydrogen-bond donors (Lipinski definition) is 4. The van der Waals surface area contributed by atoms with Crippen LogP contribution in [0.1, 0.15) is 55.1 Å². The van der Waals surface area contributed by atoms with Crippen LogP contribution in [0.4, 0.5) is 0 Å². The molecule has 2 aliphatic rings. The first kappa shape index (κ1) is 24.8. The number of carboxylic acid groups (broad SMARTS) is 1. The van der Waals surface area contributed by atoms with Gasteiger partial charge >= 0.3 is 0 Å². The van der Waals surface area contributed by atoms with Gasteiger partial charge in [-0.3, -0.25) is 24.3 Å². The second-order valence-corrected chi connectivity index (χ2v) is 8.86. The monoisotopic (exact) mass is 463 g/mol. The van der Waals surface area contributed by atoms with Gasteiger partial charge in [0.1, 0.15) is 11.9 Å². The molecular weight excluding hydrogens is 430 g/mol. The number of aliphatic hydroxyl groups is 1. The van der Waals surface area contributed by atoms with E-state index in [1.54, 1.807) is 17.1 Å². The number of amides is 1. The maximum absolute atomic E-state index is 12.8. The molecule has 0 saturated carbocycles. The van der Waals surface area contributed by atoms with Gasteiger partial charge in [0.05, 0.1) is 36.1 Å². The Hall–Kier alpha value is -2.83. The summed E-state index contributed by atoms with van der Waals surface area (Å²) in [7, 11) is 0. The fourth-order valence-corrected chi connectivity index (χ4v) is 4.49. The van der Waals surface area contributed by atoms with Gasteiger partial charge in [0, 0.05) is 32.3 Å². The van der Waals surface area contributed by atoms with Gasteiger partial charge in [-0.05, 0) is 33.6 Å². The number of hydrogen-bond acceptors (Lipinski definition) is 8. The van der Waals surface area contributed by atoms with Crippen LogP contribution in [0.15, 0.2) is 12.4 Å².